The maximum Gasteiger partial charge on any atom is 0.123 e. The summed E-state index contributed by atoms with van der Waals surface area (Å²) in [6.45, 7) is 0. The van der Waals surface area contributed by atoms with Crippen molar-refractivity contribution in [1.29, 1.82) is 5.26 Å². The molecular formula is C9H9FN2. The Bertz CT molecular complexity index is 304. The molecule has 0 bridgehead atoms. The van der Waals surface area contributed by atoms with Crippen LogP contribution in [0.2, 0.25) is 0 Å². The summed E-state index contributed by atoms with van der Waals surface area (Å²) in [6, 6.07) is 7.60. The molecule has 0 unspecified atom stereocenters. The van der Waals surface area contributed by atoms with Gasteiger partial charge in [-0.05, 0) is 24.7 Å². The fourth-order valence-corrected chi connectivity index (χ4v) is 0.992. The van der Waals surface area contributed by atoms with Crippen LogP contribution in [0.15, 0.2) is 24.3 Å². The van der Waals surface area contributed by atoms with Crippen molar-refractivity contribution >= 4 is 0 Å². The molecule has 0 saturated carbocycles. The minimum atomic E-state index is -0.430. The first-order valence-electron chi connectivity index (χ1n) is 3.60. The van der Waals surface area contributed by atoms with Crippen LogP contribution < -0.4 is 5.32 Å². The molecule has 0 spiro atoms. The second kappa shape index (κ2) is 3.84. The molecule has 3 heteroatoms. The summed E-state index contributed by atoms with van der Waals surface area (Å²) in [4.78, 5) is 0. The normalized spacial score (nSPS) is 12.1. The van der Waals surface area contributed by atoms with E-state index in [1.165, 1.54) is 12.1 Å². The van der Waals surface area contributed by atoms with Gasteiger partial charge in [-0.25, -0.2) is 4.39 Å². The molecule has 0 saturated heterocycles. The van der Waals surface area contributed by atoms with Crippen molar-refractivity contribution in [3.63, 3.8) is 0 Å². The second-order valence-electron chi connectivity index (χ2n) is 2.41. The zero-order valence-electron chi connectivity index (χ0n) is 6.71. The number of rotatable bonds is 2. The van der Waals surface area contributed by atoms with Gasteiger partial charge in [-0.3, -0.25) is 0 Å². The minimum Gasteiger partial charge on any atom is -0.301 e. The Morgan fingerprint density at radius 2 is 2.33 bits per heavy atom. The van der Waals surface area contributed by atoms with Crippen molar-refractivity contribution in [2.45, 2.75) is 6.04 Å². The Hall–Kier alpha value is -1.40. The average Bonchev–Trinajstić information content (AvgIpc) is 2.07. The van der Waals surface area contributed by atoms with Gasteiger partial charge in [-0.1, -0.05) is 12.1 Å². The third kappa shape index (κ3) is 1.80. The van der Waals surface area contributed by atoms with E-state index in [1.807, 2.05) is 6.07 Å². The van der Waals surface area contributed by atoms with Crippen LogP contribution in [-0.4, -0.2) is 7.05 Å². The maximum atomic E-state index is 12.7. The highest BCUT2D eigenvalue weighted by atomic mass is 19.1. The highest BCUT2D eigenvalue weighted by molar-refractivity contribution is 5.24. The lowest BCUT2D eigenvalue weighted by Gasteiger charge is -2.06. The van der Waals surface area contributed by atoms with Gasteiger partial charge in [0.25, 0.3) is 0 Å². The van der Waals surface area contributed by atoms with E-state index in [4.69, 9.17) is 5.26 Å². The number of nitriles is 1. The molecule has 0 amide bonds. The number of nitrogens with zero attached hydrogens (tertiary/aromatic N) is 1. The van der Waals surface area contributed by atoms with Crippen molar-refractivity contribution in [3.05, 3.63) is 35.6 Å². The minimum absolute atomic E-state index is 0.317. The molecule has 0 radical (unpaired) electrons. The molecule has 1 N–H and O–H groups in total. The van der Waals surface area contributed by atoms with E-state index in [0.717, 1.165) is 0 Å². The van der Waals surface area contributed by atoms with Gasteiger partial charge in [0.2, 0.25) is 0 Å². The predicted molar refractivity (Wildman–Crippen MR) is 43.8 cm³/mol. The largest absolute Gasteiger partial charge is 0.301 e. The third-order valence-corrected chi connectivity index (χ3v) is 1.60. The van der Waals surface area contributed by atoms with Crippen LogP contribution in [0.4, 0.5) is 4.39 Å². The molecule has 0 fully saturated rings. The van der Waals surface area contributed by atoms with Gasteiger partial charge in [-0.2, -0.15) is 5.26 Å². The standard InChI is InChI=1S/C9H9FN2/c1-12-9(6-11)7-3-2-4-8(10)5-7/h2-5,9,12H,1H3/t9-/m1/s1. The Morgan fingerprint density at radius 3 is 2.83 bits per heavy atom. The summed E-state index contributed by atoms with van der Waals surface area (Å²) in [6.07, 6.45) is 0. The molecule has 1 atom stereocenters. The molecule has 1 aromatic rings. The smallest absolute Gasteiger partial charge is 0.123 e. The van der Waals surface area contributed by atoms with Crippen molar-refractivity contribution in [2.24, 2.45) is 0 Å². The van der Waals surface area contributed by atoms with Crippen molar-refractivity contribution < 1.29 is 4.39 Å². The molecule has 1 rings (SSSR count). The van der Waals surface area contributed by atoms with Crippen LogP contribution in [0.3, 0.4) is 0 Å². The van der Waals surface area contributed by atoms with Crippen LogP contribution in [0.25, 0.3) is 0 Å². The zero-order chi connectivity index (χ0) is 8.97. The van der Waals surface area contributed by atoms with Crippen LogP contribution >= 0.6 is 0 Å². The van der Waals surface area contributed by atoms with E-state index in [1.54, 1.807) is 19.2 Å². The Morgan fingerprint density at radius 1 is 1.58 bits per heavy atom. The van der Waals surface area contributed by atoms with E-state index in [-0.39, 0.29) is 5.82 Å². The molecule has 0 aliphatic heterocycles. The van der Waals surface area contributed by atoms with Crippen LogP contribution in [0.5, 0.6) is 0 Å². The highest BCUT2D eigenvalue weighted by Gasteiger charge is 2.06. The van der Waals surface area contributed by atoms with Crippen LogP contribution in [-0.2, 0) is 0 Å². The summed E-state index contributed by atoms with van der Waals surface area (Å²) in [7, 11) is 1.67. The molecule has 0 aromatic heterocycles. The Kier molecular flexibility index (Phi) is 2.78. The Labute approximate surface area is 70.6 Å². The lowest BCUT2D eigenvalue weighted by molar-refractivity contribution is 0.620. The predicted octanol–water partition coefficient (Wildman–Crippen LogP) is 1.61. The fourth-order valence-electron chi connectivity index (χ4n) is 0.992. The lowest BCUT2D eigenvalue weighted by Crippen LogP contribution is -2.13. The van der Waals surface area contributed by atoms with E-state index in [2.05, 4.69) is 5.32 Å². The monoisotopic (exact) mass is 164 g/mol. The summed E-state index contributed by atoms with van der Waals surface area (Å²) in [5.41, 5.74) is 0.653. The van der Waals surface area contributed by atoms with E-state index in [9.17, 15) is 4.39 Å². The molecule has 0 aliphatic rings. The van der Waals surface area contributed by atoms with Gasteiger partial charge in [0.1, 0.15) is 11.9 Å². The zero-order valence-corrected chi connectivity index (χ0v) is 6.71. The molecular weight excluding hydrogens is 155 g/mol. The van der Waals surface area contributed by atoms with Crippen LogP contribution in [0, 0.1) is 17.1 Å². The second-order valence-corrected chi connectivity index (χ2v) is 2.41. The van der Waals surface area contributed by atoms with Gasteiger partial charge >= 0.3 is 0 Å². The van der Waals surface area contributed by atoms with E-state index < -0.39 is 6.04 Å². The van der Waals surface area contributed by atoms with Crippen molar-refractivity contribution in [1.82, 2.24) is 5.32 Å². The molecule has 62 valence electrons. The van der Waals surface area contributed by atoms with Crippen molar-refractivity contribution in [2.75, 3.05) is 7.05 Å². The summed E-state index contributed by atoms with van der Waals surface area (Å²) < 4.78 is 12.7. The maximum absolute atomic E-state index is 12.7. The fraction of sp³-hybridized carbons (Fsp3) is 0.222. The SMILES string of the molecule is CN[C@H](C#N)c1cccc(F)c1. The molecule has 12 heavy (non-hydrogen) atoms. The number of benzene rings is 1. The van der Waals surface area contributed by atoms with Gasteiger partial charge < -0.3 is 5.32 Å². The van der Waals surface area contributed by atoms with Gasteiger partial charge in [0.05, 0.1) is 6.07 Å². The summed E-state index contributed by atoms with van der Waals surface area (Å²) in [5.74, 6) is -0.317. The third-order valence-electron chi connectivity index (χ3n) is 1.60. The van der Waals surface area contributed by atoms with E-state index in [0.29, 0.717) is 5.56 Å². The summed E-state index contributed by atoms with van der Waals surface area (Å²) >= 11 is 0. The molecule has 0 aliphatic carbocycles. The summed E-state index contributed by atoms with van der Waals surface area (Å²) in [5, 5.41) is 11.4. The van der Waals surface area contributed by atoms with Gasteiger partial charge in [0, 0.05) is 0 Å². The number of halogens is 1. The quantitative estimate of drug-likeness (QED) is 0.720. The van der Waals surface area contributed by atoms with Crippen LogP contribution in [0.1, 0.15) is 11.6 Å². The van der Waals surface area contributed by atoms with Gasteiger partial charge in [0.15, 0.2) is 0 Å². The topological polar surface area (TPSA) is 35.8 Å². The first-order chi connectivity index (χ1) is 5.77. The van der Waals surface area contributed by atoms with Crippen molar-refractivity contribution in [3.8, 4) is 6.07 Å². The molecule has 2 nitrogen and oxygen atoms in total. The molecule has 0 heterocycles. The van der Waals surface area contributed by atoms with E-state index >= 15 is 0 Å². The number of hydrogen-bond donors (Lipinski definition) is 1. The first kappa shape index (κ1) is 8.69. The average molecular weight is 164 g/mol. The highest BCUT2D eigenvalue weighted by Crippen LogP contribution is 2.12. The number of hydrogen-bond acceptors (Lipinski definition) is 2. The molecule has 1 aromatic carbocycles. The van der Waals surface area contributed by atoms with Gasteiger partial charge in [-0.15, -0.1) is 0 Å². The Balaban J connectivity index is 2.95. The number of nitrogens with one attached hydrogen (secondary N) is 1. The lowest BCUT2D eigenvalue weighted by atomic mass is 10.1. The first-order valence-corrected chi connectivity index (χ1v) is 3.60.